The molecule has 1 N–H and O–H groups in total. The van der Waals surface area contributed by atoms with Crippen molar-refractivity contribution < 1.29 is 9.66 Å². The van der Waals surface area contributed by atoms with E-state index in [1.165, 1.54) is 6.20 Å². The number of ether oxygens (including phenoxy) is 1. The number of benzene rings is 1. The van der Waals surface area contributed by atoms with Crippen LogP contribution in [0.15, 0.2) is 36.7 Å². The van der Waals surface area contributed by atoms with Crippen molar-refractivity contribution in [3.63, 3.8) is 0 Å². The Kier molecular flexibility index (Phi) is 3.49. The largest absolute Gasteiger partial charge is 0.497 e. The lowest BCUT2D eigenvalue weighted by Gasteiger charge is -2.02. The predicted molar refractivity (Wildman–Crippen MR) is 52.8 cm³/mol. The fraction of sp³-hybridized carbons (Fsp3) is 0.111. The summed E-state index contributed by atoms with van der Waals surface area (Å²) in [6, 6.07) is 7.11. The third-order valence-corrected chi connectivity index (χ3v) is 1.52. The van der Waals surface area contributed by atoms with E-state index in [0.29, 0.717) is 5.75 Å². The smallest absolute Gasteiger partial charge is 0.250 e. The second-order valence-corrected chi connectivity index (χ2v) is 2.48. The minimum absolute atomic E-state index is 0.535. The van der Waals surface area contributed by atoms with Crippen LogP contribution in [-0.4, -0.2) is 12.0 Å². The molecule has 0 aliphatic rings. The number of hydrogen-bond donors (Lipinski definition) is 1. The van der Waals surface area contributed by atoms with Gasteiger partial charge in [0, 0.05) is 11.8 Å². The van der Waals surface area contributed by atoms with Gasteiger partial charge < -0.3 is 10.1 Å². The maximum absolute atomic E-state index is 9.97. The molecule has 0 spiro atoms. The number of nitrogens with one attached hydrogen (secondary N) is 1. The lowest BCUT2D eigenvalue weighted by molar-refractivity contribution is -0.402. The summed E-state index contributed by atoms with van der Waals surface area (Å²) in [5, 5.41) is 12.7. The highest BCUT2D eigenvalue weighted by Gasteiger charge is 1.92. The molecule has 0 bridgehead atoms. The second-order valence-electron chi connectivity index (χ2n) is 2.48. The van der Waals surface area contributed by atoms with Crippen molar-refractivity contribution >= 4 is 5.69 Å². The van der Waals surface area contributed by atoms with Crippen LogP contribution in [0.1, 0.15) is 0 Å². The van der Waals surface area contributed by atoms with Gasteiger partial charge in [-0.3, -0.25) is 10.1 Å². The van der Waals surface area contributed by atoms with Gasteiger partial charge in [0.05, 0.1) is 18.2 Å². The van der Waals surface area contributed by atoms with Crippen LogP contribution in [0.25, 0.3) is 0 Å². The average Bonchev–Trinajstić information content (AvgIpc) is 2.18. The van der Waals surface area contributed by atoms with E-state index < -0.39 is 4.92 Å². The topological polar surface area (TPSA) is 64.4 Å². The van der Waals surface area contributed by atoms with E-state index in [1.807, 2.05) is 0 Å². The van der Waals surface area contributed by atoms with Crippen molar-refractivity contribution in [1.29, 1.82) is 0 Å². The van der Waals surface area contributed by atoms with E-state index in [1.54, 1.807) is 31.4 Å². The average molecular weight is 194 g/mol. The lowest BCUT2D eigenvalue weighted by Crippen LogP contribution is -1.91. The first-order chi connectivity index (χ1) is 6.72. The maximum atomic E-state index is 9.97. The standard InChI is InChI=1S/C9H10N2O3/c1-14-9-4-2-3-8(7-9)10-5-6-11(12)13/h2-7,10H,1H3/b6-5+. The highest BCUT2D eigenvalue weighted by atomic mass is 16.6. The molecule has 0 aliphatic heterocycles. The quantitative estimate of drug-likeness (QED) is 0.586. The molecule has 74 valence electrons. The van der Waals surface area contributed by atoms with Gasteiger partial charge in [-0.1, -0.05) is 6.07 Å². The maximum Gasteiger partial charge on any atom is 0.250 e. The first-order valence-electron chi connectivity index (χ1n) is 3.93. The molecule has 1 aromatic rings. The van der Waals surface area contributed by atoms with Crippen molar-refractivity contribution in [2.75, 3.05) is 12.4 Å². The summed E-state index contributed by atoms with van der Waals surface area (Å²) in [6.45, 7) is 0. The Balaban J connectivity index is 2.63. The fourth-order valence-corrected chi connectivity index (χ4v) is 0.907. The van der Waals surface area contributed by atoms with Crippen LogP contribution in [0.5, 0.6) is 5.75 Å². The van der Waals surface area contributed by atoms with Gasteiger partial charge in [0.2, 0.25) is 6.20 Å². The Morgan fingerprint density at radius 1 is 1.57 bits per heavy atom. The van der Waals surface area contributed by atoms with E-state index in [9.17, 15) is 10.1 Å². The Bertz CT molecular complexity index is 350. The van der Waals surface area contributed by atoms with Crippen LogP contribution in [0, 0.1) is 10.1 Å². The highest BCUT2D eigenvalue weighted by molar-refractivity contribution is 5.49. The van der Waals surface area contributed by atoms with Gasteiger partial charge in [-0.2, -0.15) is 0 Å². The first kappa shape index (κ1) is 10.0. The van der Waals surface area contributed by atoms with E-state index in [4.69, 9.17) is 4.74 Å². The van der Waals surface area contributed by atoms with Crippen LogP contribution < -0.4 is 10.1 Å². The number of rotatable bonds is 4. The number of methoxy groups -OCH3 is 1. The molecule has 0 aliphatic carbocycles. The third kappa shape index (κ3) is 3.14. The molecule has 0 saturated carbocycles. The van der Waals surface area contributed by atoms with Crippen LogP contribution in [0.3, 0.4) is 0 Å². The zero-order valence-corrected chi connectivity index (χ0v) is 7.64. The molecule has 0 fully saturated rings. The summed E-state index contributed by atoms with van der Waals surface area (Å²) in [7, 11) is 1.56. The van der Waals surface area contributed by atoms with Gasteiger partial charge in [0.25, 0.3) is 0 Å². The summed E-state index contributed by atoms with van der Waals surface area (Å²) in [4.78, 5) is 9.43. The molecule has 5 nitrogen and oxygen atoms in total. The van der Waals surface area contributed by atoms with Crippen LogP contribution in [0.4, 0.5) is 5.69 Å². The van der Waals surface area contributed by atoms with E-state index >= 15 is 0 Å². The number of nitro groups is 1. The fourth-order valence-electron chi connectivity index (χ4n) is 0.907. The van der Waals surface area contributed by atoms with Gasteiger partial charge in [-0.05, 0) is 12.1 Å². The Morgan fingerprint density at radius 2 is 2.36 bits per heavy atom. The molecule has 0 aromatic heterocycles. The molecule has 0 saturated heterocycles. The van der Waals surface area contributed by atoms with Crippen molar-refractivity contribution in [2.45, 2.75) is 0 Å². The SMILES string of the molecule is COc1cccc(N/C=C/[N+](=O)[O-])c1. The van der Waals surface area contributed by atoms with Crippen LogP contribution in [-0.2, 0) is 0 Å². The molecule has 0 unspecified atom stereocenters. The number of anilines is 1. The first-order valence-corrected chi connectivity index (χ1v) is 3.93. The van der Waals surface area contributed by atoms with Crippen LogP contribution >= 0.6 is 0 Å². The van der Waals surface area contributed by atoms with Crippen molar-refractivity contribution in [3.05, 3.63) is 46.8 Å². The number of nitrogens with zero attached hydrogens (tertiary/aromatic N) is 1. The van der Waals surface area contributed by atoms with Gasteiger partial charge in [0.1, 0.15) is 5.75 Å². The molecule has 0 heterocycles. The molecule has 14 heavy (non-hydrogen) atoms. The molecule has 1 rings (SSSR count). The van der Waals surface area contributed by atoms with Crippen molar-refractivity contribution in [1.82, 2.24) is 0 Å². The minimum Gasteiger partial charge on any atom is -0.497 e. The highest BCUT2D eigenvalue weighted by Crippen LogP contribution is 2.16. The molecular weight excluding hydrogens is 184 g/mol. The summed E-state index contributed by atoms with van der Waals surface area (Å²) in [6.07, 6.45) is 2.09. The normalized spacial score (nSPS) is 10.1. The van der Waals surface area contributed by atoms with Crippen LogP contribution in [0.2, 0.25) is 0 Å². The predicted octanol–water partition coefficient (Wildman–Crippen LogP) is 1.85. The summed E-state index contributed by atoms with van der Waals surface area (Å²) in [5.41, 5.74) is 0.738. The zero-order chi connectivity index (χ0) is 10.4. The molecular formula is C9H10N2O3. The summed E-state index contributed by atoms with van der Waals surface area (Å²) < 4.78 is 4.98. The van der Waals surface area contributed by atoms with Gasteiger partial charge in [-0.25, -0.2) is 0 Å². The summed E-state index contributed by atoms with van der Waals surface area (Å²) in [5.74, 6) is 0.699. The van der Waals surface area contributed by atoms with E-state index in [2.05, 4.69) is 5.32 Å². The van der Waals surface area contributed by atoms with Gasteiger partial charge in [0.15, 0.2) is 0 Å². The number of hydrogen-bond acceptors (Lipinski definition) is 4. The second kappa shape index (κ2) is 4.86. The zero-order valence-electron chi connectivity index (χ0n) is 7.64. The van der Waals surface area contributed by atoms with Crippen molar-refractivity contribution in [2.24, 2.45) is 0 Å². The Hall–Kier alpha value is -2.04. The summed E-state index contributed by atoms with van der Waals surface area (Å²) >= 11 is 0. The minimum atomic E-state index is -0.535. The monoisotopic (exact) mass is 194 g/mol. The molecule has 0 amide bonds. The molecule has 0 atom stereocenters. The van der Waals surface area contributed by atoms with Crippen molar-refractivity contribution in [3.8, 4) is 5.75 Å². The van der Waals surface area contributed by atoms with Gasteiger partial charge in [-0.15, -0.1) is 0 Å². The van der Waals surface area contributed by atoms with E-state index in [0.717, 1.165) is 11.9 Å². The molecule has 0 radical (unpaired) electrons. The lowest BCUT2D eigenvalue weighted by atomic mass is 10.3. The molecule has 5 heteroatoms. The Morgan fingerprint density at radius 3 is 3.00 bits per heavy atom. The third-order valence-electron chi connectivity index (χ3n) is 1.52. The molecule has 1 aromatic carbocycles. The van der Waals surface area contributed by atoms with E-state index in [-0.39, 0.29) is 0 Å². The van der Waals surface area contributed by atoms with Gasteiger partial charge >= 0.3 is 0 Å². The Labute approximate surface area is 81.2 Å².